The van der Waals surface area contributed by atoms with E-state index >= 15 is 0 Å². The normalized spacial score (nSPS) is 11.3. The van der Waals surface area contributed by atoms with Gasteiger partial charge in [-0.2, -0.15) is 5.10 Å². The number of benzene rings is 2. The lowest BCUT2D eigenvalue weighted by Gasteiger charge is -2.07. The van der Waals surface area contributed by atoms with E-state index < -0.39 is 0 Å². The van der Waals surface area contributed by atoms with Gasteiger partial charge in [0, 0.05) is 10.0 Å². The zero-order valence-corrected chi connectivity index (χ0v) is 13.9. The lowest BCUT2D eigenvalue weighted by atomic mass is 10.0. The largest absolute Gasteiger partial charge is 0.272 e. The summed E-state index contributed by atoms with van der Waals surface area (Å²) in [4.78, 5) is 12.1. The third-order valence-corrected chi connectivity index (χ3v) is 3.91. The van der Waals surface area contributed by atoms with E-state index in [1.807, 2.05) is 44.2 Å². The number of amides is 1. The Kier molecular flexibility index (Phi) is 4.91. The number of hydrogen-bond acceptors (Lipinski definition) is 2. The molecule has 0 aliphatic heterocycles. The van der Waals surface area contributed by atoms with Crippen molar-refractivity contribution in [2.24, 2.45) is 5.10 Å². The Bertz CT molecular complexity index is 708. The maximum absolute atomic E-state index is 12.1. The van der Waals surface area contributed by atoms with Crippen molar-refractivity contribution in [1.82, 2.24) is 5.43 Å². The molecule has 21 heavy (non-hydrogen) atoms. The number of rotatable bonds is 3. The molecule has 0 atom stereocenters. The first-order chi connectivity index (χ1) is 9.99. The lowest BCUT2D eigenvalue weighted by Crippen LogP contribution is -2.20. The van der Waals surface area contributed by atoms with Crippen molar-refractivity contribution in [2.45, 2.75) is 20.8 Å². The number of halogens is 1. The van der Waals surface area contributed by atoms with E-state index in [2.05, 4.69) is 39.4 Å². The third-order valence-electron chi connectivity index (χ3n) is 3.22. The maximum Gasteiger partial charge on any atom is 0.272 e. The van der Waals surface area contributed by atoms with E-state index in [9.17, 15) is 4.79 Å². The molecule has 2 aromatic carbocycles. The summed E-state index contributed by atoms with van der Waals surface area (Å²) in [5, 5.41) is 4.20. The van der Waals surface area contributed by atoms with Gasteiger partial charge in [0.1, 0.15) is 0 Å². The average Bonchev–Trinajstić information content (AvgIpc) is 2.45. The van der Waals surface area contributed by atoms with Crippen LogP contribution in [0.25, 0.3) is 0 Å². The zero-order valence-electron chi connectivity index (χ0n) is 12.3. The molecule has 0 radical (unpaired) electrons. The number of nitrogens with one attached hydrogen (secondary N) is 1. The van der Waals surface area contributed by atoms with Gasteiger partial charge in [-0.25, -0.2) is 5.43 Å². The van der Waals surface area contributed by atoms with E-state index in [-0.39, 0.29) is 5.91 Å². The molecule has 0 aromatic heterocycles. The summed E-state index contributed by atoms with van der Waals surface area (Å²) in [7, 11) is 0. The Morgan fingerprint density at radius 3 is 2.48 bits per heavy atom. The fourth-order valence-electron chi connectivity index (χ4n) is 2.12. The van der Waals surface area contributed by atoms with Gasteiger partial charge in [0.05, 0.1) is 11.3 Å². The summed E-state index contributed by atoms with van der Waals surface area (Å²) in [6.45, 7) is 5.98. The topological polar surface area (TPSA) is 41.5 Å². The Labute approximate surface area is 133 Å². The Hall–Kier alpha value is -1.94. The number of hydrazone groups is 1. The first-order valence-electron chi connectivity index (χ1n) is 6.66. The van der Waals surface area contributed by atoms with E-state index in [4.69, 9.17) is 0 Å². The Morgan fingerprint density at radius 2 is 1.81 bits per heavy atom. The standard InChI is InChI=1S/C17H17BrN2O/c1-11-8-9-14(12(2)10-11)13(3)19-20-17(21)15-6-4-5-7-16(15)18/h4-10H,1-3H3,(H,20,21)/b19-13+. The van der Waals surface area contributed by atoms with Crippen LogP contribution in [0.3, 0.4) is 0 Å². The molecular formula is C17H17BrN2O. The van der Waals surface area contributed by atoms with Crippen molar-refractivity contribution in [3.05, 3.63) is 69.2 Å². The number of carbonyl (C=O) groups is 1. The predicted octanol–water partition coefficient (Wildman–Crippen LogP) is 4.22. The number of hydrogen-bond donors (Lipinski definition) is 1. The number of carbonyl (C=O) groups excluding carboxylic acids is 1. The van der Waals surface area contributed by atoms with Crippen molar-refractivity contribution in [3.63, 3.8) is 0 Å². The van der Waals surface area contributed by atoms with E-state index in [1.54, 1.807) is 6.07 Å². The molecule has 0 bridgehead atoms. The van der Waals surface area contributed by atoms with Crippen LogP contribution in [0.15, 0.2) is 52.0 Å². The molecule has 108 valence electrons. The zero-order chi connectivity index (χ0) is 15.4. The molecule has 1 amide bonds. The summed E-state index contributed by atoms with van der Waals surface area (Å²) >= 11 is 3.36. The minimum absolute atomic E-state index is 0.230. The predicted molar refractivity (Wildman–Crippen MR) is 89.7 cm³/mol. The monoisotopic (exact) mass is 344 g/mol. The van der Waals surface area contributed by atoms with E-state index in [0.29, 0.717) is 5.56 Å². The first kappa shape index (κ1) is 15.4. The van der Waals surface area contributed by atoms with Crippen LogP contribution in [0.2, 0.25) is 0 Å². The molecule has 1 N–H and O–H groups in total. The maximum atomic E-state index is 12.1. The van der Waals surface area contributed by atoms with Gasteiger partial charge in [-0.1, -0.05) is 35.9 Å². The SMILES string of the molecule is C/C(=N\NC(=O)c1ccccc1Br)c1ccc(C)cc1C. The highest BCUT2D eigenvalue weighted by molar-refractivity contribution is 9.10. The quantitative estimate of drug-likeness (QED) is 0.657. The van der Waals surface area contributed by atoms with Crippen molar-refractivity contribution < 1.29 is 4.79 Å². The summed E-state index contributed by atoms with van der Waals surface area (Å²) in [5.74, 6) is -0.230. The van der Waals surface area contributed by atoms with Crippen LogP contribution in [0.5, 0.6) is 0 Å². The van der Waals surface area contributed by atoms with Crippen molar-refractivity contribution >= 4 is 27.5 Å². The highest BCUT2D eigenvalue weighted by Crippen LogP contribution is 2.16. The summed E-state index contributed by atoms with van der Waals surface area (Å²) in [5.41, 5.74) is 7.34. The van der Waals surface area contributed by atoms with Crippen LogP contribution in [0.4, 0.5) is 0 Å². The highest BCUT2D eigenvalue weighted by atomic mass is 79.9. The van der Waals surface area contributed by atoms with Crippen LogP contribution in [-0.4, -0.2) is 11.6 Å². The third kappa shape index (κ3) is 3.79. The number of nitrogens with zero attached hydrogens (tertiary/aromatic N) is 1. The molecule has 0 fully saturated rings. The van der Waals surface area contributed by atoms with Gasteiger partial charge in [-0.15, -0.1) is 0 Å². The number of aryl methyl sites for hydroxylation is 2. The second-order valence-corrected chi connectivity index (χ2v) is 5.79. The van der Waals surface area contributed by atoms with Gasteiger partial charge in [0.25, 0.3) is 5.91 Å². The molecular weight excluding hydrogens is 328 g/mol. The molecule has 0 saturated carbocycles. The summed E-state index contributed by atoms with van der Waals surface area (Å²) < 4.78 is 0.752. The fourth-order valence-corrected chi connectivity index (χ4v) is 2.58. The lowest BCUT2D eigenvalue weighted by molar-refractivity contribution is 0.0954. The smallest absolute Gasteiger partial charge is 0.267 e. The van der Waals surface area contributed by atoms with Gasteiger partial charge < -0.3 is 0 Å². The highest BCUT2D eigenvalue weighted by Gasteiger charge is 2.09. The molecule has 0 aliphatic carbocycles. The van der Waals surface area contributed by atoms with Crippen molar-refractivity contribution in [3.8, 4) is 0 Å². The van der Waals surface area contributed by atoms with Crippen LogP contribution < -0.4 is 5.43 Å². The summed E-state index contributed by atoms with van der Waals surface area (Å²) in [6.07, 6.45) is 0. The molecule has 0 unspecified atom stereocenters. The van der Waals surface area contributed by atoms with Crippen LogP contribution in [0.1, 0.15) is 34.0 Å². The van der Waals surface area contributed by atoms with Crippen LogP contribution in [0, 0.1) is 13.8 Å². The average molecular weight is 345 g/mol. The molecule has 2 rings (SSSR count). The molecule has 0 spiro atoms. The molecule has 3 nitrogen and oxygen atoms in total. The van der Waals surface area contributed by atoms with E-state index in [0.717, 1.165) is 21.3 Å². The Balaban J connectivity index is 2.17. The summed E-state index contributed by atoms with van der Waals surface area (Å²) in [6, 6.07) is 13.4. The van der Waals surface area contributed by atoms with Gasteiger partial charge in [0.2, 0.25) is 0 Å². The minimum atomic E-state index is -0.230. The van der Waals surface area contributed by atoms with Gasteiger partial charge >= 0.3 is 0 Å². The first-order valence-corrected chi connectivity index (χ1v) is 7.45. The molecule has 4 heteroatoms. The second kappa shape index (κ2) is 6.68. The van der Waals surface area contributed by atoms with Gasteiger partial charge in [-0.3, -0.25) is 4.79 Å². The molecule has 2 aromatic rings. The molecule has 0 saturated heterocycles. The second-order valence-electron chi connectivity index (χ2n) is 4.94. The van der Waals surface area contributed by atoms with Crippen molar-refractivity contribution in [2.75, 3.05) is 0 Å². The molecule has 0 heterocycles. The molecule has 0 aliphatic rings. The Morgan fingerprint density at radius 1 is 1.10 bits per heavy atom. The van der Waals surface area contributed by atoms with Gasteiger partial charge in [0.15, 0.2) is 0 Å². The van der Waals surface area contributed by atoms with Crippen molar-refractivity contribution in [1.29, 1.82) is 0 Å². The van der Waals surface area contributed by atoms with Gasteiger partial charge in [-0.05, 0) is 54.4 Å². The fraction of sp³-hybridized carbons (Fsp3) is 0.176. The minimum Gasteiger partial charge on any atom is -0.267 e. The van der Waals surface area contributed by atoms with E-state index in [1.165, 1.54) is 5.56 Å². The van der Waals surface area contributed by atoms with Crippen LogP contribution in [-0.2, 0) is 0 Å². The van der Waals surface area contributed by atoms with Crippen LogP contribution >= 0.6 is 15.9 Å².